The van der Waals surface area contributed by atoms with Crippen molar-refractivity contribution in [2.75, 3.05) is 14.2 Å². The Kier molecular flexibility index (Phi) is 6.72. The number of aromatic nitrogens is 2. The van der Waals surface area contributed by atoms with Crippen LogP contribution in [0.3, 0.4) is 0 Å². The van der Waals surface area contributed by atoms with Crippen LogP contribution >= 0.6 is 11.6 Å². The molecule has 0 aliphatic heterocycles. The van der Waals surface area contributed by atoms with E-state index in [0.717, 1.165) is 0 Å². The molecule has 1 heterocycles. The van der Waals surface area contributed by atoms with Gasteiger partial charge in [0.05, 0.1) is 18.7 Å². The van der Waals surface area contributed by atoms with Crippen molar-refractivity contribution >= 4 is 17.5 Å². The van der Waals surface area contributed by atoms with E-state index < -0.39 is 6.10 Å². The standard InChI is InChI=1S/C21H22ClN3O4/c1-4-16(28-18-12-8-7-11-17(18)27-3)21(26)25(2)13-19-23-20(24-29-19)14-9-5-6-10-15(14)22/h5-12,16H,4,13H2,1-3H3/t16-/m0/s1. The zero-order valence-electron chi connectivity index (χ0n) is 16.5. The number of rotatable bonds is 8. The molecule has 7 nitrogen and oxygen atoms in total. The Morgan fingerprint density at radius 1 is 1.17 bits per heavy atom. The van der Waals surface area contributed by atoms with Crippen LogP contribution in [0.1, 0.15) is 19.2 Å². The average Bonchev–Trinajstić information content (AvgIpc) is 3.20. The maximum absolute atomic E-state index is 12.9. The second kappa shape index (κ2) is 9.43. The molecule has 0 radical (unpaired) electrons. The lowest BCUT2D eigenvalue weighted by molar-refractivity contribution is -0.138. The highest BCUT2D eigenvalue weighted by atomic mass is 35.5. The molecule has 29 heavy (non-hydrogen) atoms. The van der Waals surface area contributed by atoms with Crippen LogP contribution in [0.2, 0.25) is 5.02 Å². The Hall–Kier alpha value is -3.06. The molecule has 0 aliphatic rings. The molecule has 0 spiro atoms. The van der Waals surface area contributed by atoms with E-state index in [-0.39, 0.29) is 12.5 Å². The molecule has 0 fully saturated rings. The number of benzene rings is 2. The van der Waals surface area contributed by atoms with Gasteiger partial charge in [-0.3, -0.25) is 4.79 Å². The van der Waals surface area contributed by atoms with Gasteiger partial charge in [0.2, 0.25) is 11.7 Å². The average molecular weight is 416 g/mol. The lowest BCUT2D eigenvalue weighted by Gasteiger charge is -2.23. The first kappa shape index (κ1) is 20.7. The van der Waals surface area contributed by atoms with Crippen molar-refractivity contribution in [3.05, 3.63) is 59.4 Å². The summed E-state index contributed by atoms with van der Waals surface area (Å²) in [5.41, 5.74) is 0.670. The summed E-state index contributed by atoms with van der Waals surface area (Å²) in [6, 6.07) is 14.4. The number of carbonyl (C=O) groups excluding carboxylic acids is 1. The SMILES string of the molecule is CC[C@H](Oc1ccccc1OC)C(=O)N(C)Cc1nc(-c2ccccc2Cl)no1. The molecule has 3 aromatic rings. The summed E-state index contributed by atoms with van der Waals surface area (Å²) in [6.07, 6.45) is -0.169. The monoisotopic (exact) mass is 415 g/mol. The summed E-state index contributed by atoms with van der Waals surface area (Å²) in [4.78, 5) is 18.7. The van der Waals surface area contributed by atoms with E-state index in [9.17, 15) is 4.79 Å². The minimum atomic E-state index is -0.665. The first-order valence-electron chi connectivity index (χ1n) is 9.15. The van der Waals surface area contributed by atoms with Gasteiger partial charge in [-0.25, -0.2) is 0 Å². The van der Waals surface area contributed by atoms with Crippen LogP contribution in [0.5, 0.6) is 11.5 Å². The van der Waals surface area contributed by atoms with Crippen LogP contribution < -0.4 is 9.47 Å². The lowest BCUT2D eigenvalue weighted by atomic mass is 10.2. The van der Waals surface area contributed by atoms with Crippen molar-refractivity contribution in [2.45, 2.75) is 26.0 Å². The maximum atomic E-state index is 12.9. The summed E-state index contributed by atoms with van der Waals surface area (Å²) in [7, 11) is 3.22. The lowest BCUT2D eigenvalue weighted by Crippen LogP contribution is -2.39. The van der Waals surface area contributed by atoms with Gasteiger partial charge in [0.15, 0.2) is 17.6 Å². The summed E-state index contributed by atoms with van der Waals surface area (Å²) in [5, 5.41) is 4.49. The number of amides is 1. The van der Waals surface area contributed by atoms with Gasteiger partial charge in [0.25, 0.3) is 5.91 Å². The van der Waals surface area contributed by atoms with E-state index in [0.29, 0.717) is 40.2 Å². The van der Waals surface area contributed by atoms with Crippen LogP contribution in [-0.4, -0.2) is 41.2 Å². The molecule has 1 atom stereocenters. The van der Waals surface area contributed by atoms with Gasteiger partial charge in [0, 0.05) is 12.6 Å². The predicted molar refractivity (Wildman–Crippen MR) is 109 cm³/mol. The fourth-order valence-electron chi connectivity index (χ4n) is 2.78. The maximum Gasteiger partial charge on any atom is 0.263 e. The predicted octanol–water partition coefficient (Wildman–Crippen LogP) is 4.21. The molecule has 152 valence electrons. The highest BCUT2D eigenvalue weighted by molar-refractivity contribution is 6.33. The van der Waals surface area contributed by atoms with Gasteiger partial charge in [-0.15, -0.1) is 0 Å². The fraction of sp³-hybridized carbons (Fsp3) is 0.286. The van der Waals surface area contributed by atoms with Gasteiger partial charge >= 0.3 is 0 Å². The first-order chi connectivity index (χ1) is 14.0. The number of carbonyl (C=O) groups is 1. The summed E-state index contributed by atoms with van der Waals surface area (Å²) >= 11 is 6.17. The molecule has 2 aromatic carbocycles. The fourth-order valence-corrected chi connectivity index (χ4v) is 3.00. The van der Waals surface area contributed by atoms with E-state index in [4.69, 9.17) is 25.6 Å². The molecule has 1 aromatic heterocycles. The number of hydrogen-bond acceptors (Lipinski definition) is 6. The molecule has 8 heteroatoms. The third-order valence-electron chi connectivity index (χ3n) is 4.32. The van der Waals surface area contributed by atoms with Crippen LogP contribution in [0.25, 0.3) is 11.4 Å². The number of likely N-dealkylation sites (N-methyl/N-ethyl adjacent to an activating group) is 1. The van der Waals surface area contributed by atoms with Crippen molar-refractivity contribution in [2.24, 2.45) is 0 Å². The first-order valence-corrected chi connectivity index (χ1v) is 9.53. The van der Waals surface area contributed by atoms with Crippen LogP contribution in [-0.2, 0) is 11.3 Å². The smallest absolute Gasteiger partial charge is 0.263 e. The molecule has 0 aliphatic carbocycles. The van der Waals surface area contributed by atoms with Gasteiger partial charge in [-0.05, 0) is 30.7 Å². The largest absolute Gasteiger partial charge is 0.493 e. The summed E-state index contributed by atoms with van der Waals surface area (Å²) < 4.78 is 16.5. The molecule has 0 bridgehead atoms. The van der Waals surface area contributed by atoms with E-state index in [1.807, 2.05) is 31.2 Å². The third kappa shape index (κ3) is 4.86. The topological polar surface area (TPSA) is 77.7 Å². The van der Waals surface area contributed by atoms with Gasteiger partial charge < -0.3 is 18.9 Å². The second-order valence-corrected chi connectivity index (χ2v) is 6.76. The highest BCUT2D eigenvalue weighted by Gasteiger charge is 2.25. The van der Waals surface area contributed by atoms with Crippen LogP contribution in [0, 0.1) is 0 Å². The number of para-hydroxylation sites is 2. The summed E-state index contributed by atoms with van der Waals surface area (Å²) in [6.45, 7) is 2.04. The molecule has 1 amide bonds. The number of hydrogen-bond donors (Lipinski definition) is 0. The minimum Gasteiger partial charge on any atom is -0.493 e. The minimum absolute atomic E-state index is 0.155. The molecule has 3 rings (SSSR count). The molecule has 0 saturated heterocycles. The van der Waals surface area contributed by atoms with Crippen molar-refractivity contribution in [1.29, 1.82) is 0 Å². The van der Waals surface area contributed by atoms with Gasteiger partial charge in [-0.1, -0.05) is 47.9 Å². The quantitative estimate of drug-likeness (QED) is 0.548. The number of ether oxygens (including phenoxy) is 2. The Balaban J connectivity index is 1.69. The van der Waals surface area contributed by atoms with Crippen molar-refractivity contribution in [3.8, 4) is 22.9 Å². The van der Waals surface area contributed by atoms with E-state index in [1.54, 1.807) is 38.4 Å². The Bertz CT molecular complexity index is 976. The number of halogens is 1. The normalized spacial score (nSPS) is 11.7. The summed E-state index contributed by atoms with van der Waals surface area (Å²) in [5.74, 6) is 1.58. The Morgan fingerprint density at radius 2 is 1.86 bits per heavy atom. The Labute approximate surface area is 174 Å². The zero-order chi connectivity index (χ0) is 20.8. The van der Waals surface area contributed by atoms with E-state index in [2.05, 4.69) is 10.1 Å². The van der Waals surface area contributed by atoms with E-state index in [1.165, 1.54) is 4.90 Å². The molecule has 0 saturated carbocycles. The van der Waals surface area contributed by atoms with Crippen LogP contribution in [0.4, 0.5) is 0 Å². The van der Waals surface area contributed by atoms with Gasteiger partial charge in [-0.2, -0.15) is 4.98 Å². The third-order valence-corrected chi connectivity index (χ3v) is 4.65. The Morgan fingerprint density at radius 3 is 2.55 bits per heavy atom. The van der Waals surface area contributed by atoms with Crippen molar-refractivity contribution in [3.63, 3.8) is 0 Å². The number of methoxy groups -OCH3 is 1. The molecule has 0 N–H and O–H groups in total. The molecular weight excluding hydrogens is 394 g/mol. The highest BCUT2D eigenvalue weighted by Crippen LogP contribution is 2.28. The van der Waals surface area contributed by atoms with Crippen molar-refractivity contribution < 1.29 is 18.8 Å². The van der Waals surface area contributed by atoms with E-state index >= 15 is 0 Å². The zero-order valence-corrected chi connectivity index (χ0v) is 17.2. The van der Waals surface area contributed by atoms with Crippen LogP contribution in [0.15, 0.2) is 53.1 Å². The molecular formula is C21H22ClN3O4. The van der Waals surface area contributed by atoms with Crippen molar-refractivity contribution in [1.82, 2.24) is 15.0 Å². The molecule has 0 unspecified atom stereocenters. The van der Waals surface area contributed by atoms with Gasteiger partial charge in [0.1, 0.15) is 0 Å². The second-order valence-electron chi connectivity index (χ2n) is 6.35. The number of nitrogens with zero attached hydrogens (tertiary/aromatic N) is 3.